The summed E-state index contributed by atoms with van der Waals surface area (Å²) in [6, 6.07) is 6.06. The van der Waals surface area contributed by atoms with Crippen LogP contribution in [0, 0.1) is 19.7 Å². The lowest BCUT2D eigenvalue weighted by Gasteiger charge is -2.20. The van der Waals surface area contributed by atoms with Crippen molar-refractivity contribution in [2.75, 3.05) is 11.9 Å². The molecule has 0 saturated carbocycles. The summed E-state index contributed by atoms with van der Waals surface area (Å²) in [6.45, 7) is 11.2. The van der Waals surface area contributed by atoms with Crippen LogP contribution in [0.2, 0.25) is 0 Å². The first-order valence-electron chi connectivity index (χ1n) is 11.5. The highest BCUT2D eigenvalue weighted by Gasteiger charge is 2.27. The van der Waals surface area contributed by atoms with Crippen LogP contribution in [0.5, 0.6) is 0 Å². The van der Waals surface area contributed by atoms with E-state index in [2.05, 4.69) is 16.0 Å². The molecule has 4 rings (SSSR count). The van der Waals surface area contributed by atoms with Crippen LogP contribution in [-0.2, 0) is 24.2 Å². The maximum absolute atomic E-state index is 13.5. The highest BCUT2D eigenvalue weighted by molar-refractivity contribution is 7.17. The number of hydrogen-bond acceptors (Lipinski definition) is 6. The number of ether oxygens (including phenoxy) is 1. The minimum absolute atomic E-state index is 0.280. The van der Waals surface area contributed by atoms with Gasteiger partial charge < -0.3 is 15.4 Å². The average Bonchev–Trinajstić information content (AvgIpc) is 3.28. The number of halogens is 1. The quantitative estimate of drug-likeness (QED) is 0.356. The molecule has 0 bridgehead atoms. The van der Waals surface area contributed by atoms with Crippen molar-refractivity contribution >= 4 is 39.7 Å². The van der Waals surface area contributed by atoms with Gasteiger partial charge in [-0.3, -0.25) is 5.32 Å². The number of aryl methyl sites for hydroxylation is 1. The molecule has 0 aliphatic carbocycles. The monoisotopic (exact) mass is 515 g/mol. The molecule has 1 aliphatic heterocycles. The molecule has 3 N–H and O–H groups in total. The van der Waals surface area contributed by atoms with Crippen molar-refractivity contribution in [1.82, 2.24) is 10.6 Å². The van der Waals surface area contributed by atoms with E-state index in [1.54, 1.807) is 23.5 Å². The van der Waals surface area contributed by atoms with Crippen molar-refractivity contribution in [3.8, 4) is 10.4 Å². The molecule has 1 aromatic carbocycles. The van der Waals surface area contributed by atoms with E-state index >= 15 is 0 Å². The van der Waals surface area contributed by atoms with E-state index < -0.39 is 17.6 Å². The minimum Gasteiger partial charge on any atom is -0.456 e. The largest absolute Gasteiger partial charge is 0.456 e. The molecule has 186 valence electrons. The Kier molecular flexibility index (Phi) is 7.30. The van der Waals surface area contributed by atoms with Gasteiger partial charge >= 0.3 is 12.0 Å². The Hall–Kier alpha value is -2.75. The molecule has 0 unspecified atom stereocenters. The van der Waals surface area contributed by atoms with Gasteiger partial charge in [-0.25, -0.2) is 14.0 Å². The van der Waals surface area contributed by atoms with Gasteiger partial charge in [-0.05, 0) is 82.0 Å². The maximum atomic E-state index is 13.5. The van der Waals surface area contributed by atoms with Crippen molar-refractivity contribution in [1.29, 1.82) is 0 Å². The third-order valence-corrected chi connectivity index (χ3v) is 8.23. The molecule has 3 aromatic rings. The van der Waals surface area contributed by atoms with Crippen molar-refractivity contribution in [2.24, 2.45) is 0 Å². The molecule has 6 nitrogen and oxygen atoms in total. The topological polar surface area (TPSA) is 79.5 Å². The van der Waals surface area contributed by atoms with Crippen molar-refractivity contribution in [3.05, 3.63) is 62.1 Å². The van der Waals surface area contributed by atoms with Crippen molar-refractivity contribution < 1.29 is 18.7 Å². The Morgan fingerprint density at radius 2 is 1.86 bits per heavy atom. The van der Waals surface area contributed by atoms with Gasteiger partial charge in [0.15, 0.2) is 0 Å². The van der Waals surface area contributed by atoms with E-state index in [1.807, 2.05) is 34.6 Å². The van der Waals surface area contributed by atoms with Gasteiger partial charge in [0, 0.05) is 27.7 Å². The van der Waals surface area contributed by atoms with E-state index in [9.17, 15) is 14.0 Å². The number of thiophene rings is 2. The number of anilines is 1. The number of fused-ring (bicyclic) bond motifs is 1. The first kappa shape index (κ1) is 25.3. The Bertz CT molecular complexity index is 1260. The summed E-state index contributed by atoms with van der Waals surface area (Å²) in [4.78, 5) is 29.0. The lowest BCUT2D eigenvalue weighted by atomic mass is 10.00. The summed E-state index contributed by atoms with van der Waals surface area (Å²) in [5, 5.41) is 9.68. The second-order valence-electron chi connectivity index (χ2n) is 9.54. The second-order valence-corrected chi connectivity index (χ2v) is 11.9. The summed E-state index contributed by atoms with van der Waals surface area (Å²) in [7, 11) is 0. The molecule has 0 fully saturated rings. The highest BCUT2D eigenvalue weighted by Crippen LogP contribution is 2.39. The van der Waals surface area contributed by atoms with Gasteiger partial charge in [-0.15, -0.1) is 22.7 Å². The summed E-state index contributed by atoms with van der Waals surface area (Å²) in [6.07, 6.45) is 0.873. The van der Waals surface area contributed by atoms with Gasteiger partial charge in [0.1, 0.15) is 16.4 Å². The number of benzene rings is 1. The summed E-state index contributed by atoms with van der Waals surface area (Å²) in [5.41, 5.74) is 3.79. The molecule has 35 heavy (non-hydrogen) atoms. The van der Waals surface area contributed by atoms with Crippen molar-refractivity contribution in [2.45, 2.75) is 59.7 Å². The number of hydrogen-bond donors (Lipinski definition) is 3. The van der Waals surface area contributed by atoms with E-state index in [0.29, 0.717) is 17.1 Å². The fourth-order valence-corrected chi connectivity index (χ4v) is 6.41. The van der Waals surface area contributed by atoms with Crippen LogP contribution in [-0.4, -0.2) is 24.1 Å². The van der Waals surface area contributed by atoms with Crippen molar-refractivity contribution in [3.63, 3.8) is 0 Å². The van der Waals surface area contributed by atoms with Gasteiger partial charge in [0.25, 0.3) is 0 Å². The Labute approximate surface area is 212 Å². The SMILES string of the molecule is Cc1sc(NC(=O)NCc2c(-c3ccc(F)cc3)sc3c2CCNC3)c(C(=O)OC(C)(C)C)c1C. The van der Waals surface area contributed by atoms with Gasteiger partial charge in [-0.2, -0.15) is 0 Å². The summed E-state index contributed by atoms with van der Waals surface area (Å²) in [5.74, 6) is -0.731. The number of nitrogens with one attached hydrogen (secondary N) is 3. The van der Waals surface area contributed by atoms with Crippen LogP contribution in [0.15, 0.2) is 24.3 Å². The second kappa shape index (κ2) is 10.1. The number of carbonyl (C=O) groups excluding carboxylic acids is 2. The number of esters is 1. The first-order valence-corrected chi connectivity index (χ1v) is 13.1. The lowest BCUT2D eigenvalue weighted by Crippen LogP contribution is -2.30. The summed E-state index contributed by atoms with van der Waals surface area (Å²) >= 11 is 3.03. The molecule has 2 aromatic heterocycles. The molecule has 0 atom stereocenters. The number of rotatable bonds is 5. The third-order valence-electron chi connectivity index (χ3n) is 5.79. The normalized spacial score (nSPS) is 13.3. The van der Waals surface area contributed by atoms with Crippen LogP contribution < -0.4 is 16.0 Å². The fourth-order valence-electron chi connectivity index (χ4n) is 4.03. The molecule has 2 amide bonds. The smallest absolute Gasteiger partial charge is 0.341 e. The molecule has 0 saturated heterocycles. The molecular weight excluding hydrogens is 485 g/mol. The Morgan fingerprint density at radius 1 is 1.14 bits per heavy atom. The third kappa shape index (κ3) is 5.74. The van der Waals surface area contributed by atoms with E-state index in [0.717, 1.165) is 46.0 Å². The number of urea groups is 1. The molecule has 0 spiro atoms. The van der Waals surface area contributed by atoms with E-state index in [1.165, 1.54) is 33.9 Å². The summed E-state index contributed by atoms with van der Waals surface area (Å²) < 4.78 is 19.1. The zero-order valence-electron chi connectivity index (χ0n) is 20.6. The zero-order valence-corrected chi connectivity index (χ0v) is 22.2. The van der Waals surface area contributed by atoms with E-state index in [4.69, 9.17) is 4.74 Å². The zero-order chi connectivity index (χ0) is 25.3. The molecular formula is C26H30FN3O3S2. The number of amides is 2. The number of carbonyl (C=O) groups is 2. The van der Waals surface area contributed by atoms with Crippen LogP contribution >= 0.6 is 22.7 Å². The Balaban J connectivity index is 1.54. The molecule has 0 radical (unpaired) electrons. The van der Waals surface area contributed by atoms with Gasteiger partial charge in [0.05, 0.1) is 5.56 Å². The highest BCUT2D eigenvalue weighted by atomic mass is 32.1. The predicted octanol–water partition coefficient (Wildman–Crippen LogP) is 6.16. The maximum Gasteiger partial charge on any atom is 0.341 e. The predicted molar refractivity (Wildman–Crippen MR) is 140 cm³/mol. The molecule has 3 heterocycles. The average molecular weight is 516 g/mol. The van der Waals surface area contributed by atoms with E-state index in [-0.39, 0.29) is 5.82 Å². The molecule has 9 heteroatoms. The van der Waals surface area contributed by atoms with Gasteiger partial charge in [-0.1, -0.05) is 12.1 Å². The lowest BCUT2D eigenvalue weighted by molar-refractivity contribution is 0.00704. The minimum atomic E-state index is -0.636. The first-order chi connectivity index (χ1) is 16.5. The fraction of sp³-hybridized carbons (Fsp3) is 0.385. The Morgan fingerprint density at radius 3 is 2.54 bits per heavy atom. The van der Waals surface area contributed by atoms with Crippen LogP contribution in [0.25, 0.3) is 10.4 Å². The van der Waals surface area contributed by atoms with Crippen LogP contribution in [0.3, 0.4) is 0 Å². The van der Waals surface area contributed by atoms with Crippen LogP contribution in [0.4, 0.5) is 14.2 Å². The van der Waals surface area contributed by atoms with Gasteiger partial charge in [0.2, 0.25) is 0 Å². The standard InChI is InChI=1S/C26H30FN3O3S2/c1-14-15(2)34-23(21(14)24(31)33-26(3,4)5)30-25(32)29-12-19-18-10-11-28-13-20(18)35-22(19)16-6-8-17(27)9-7-16/h6-9,28H,10-13H2,1-5H3,(H2,29,30,32). The van der Waals surface area contributed by atoms with Crippen LogP contribution in [0.1, 0.15) is 57.6 Å². The molecule has 1 aliphatic rings.